The van der Waals surface area contributed by atoms with Crippen molar-refractivity contribution in [2.75, 3.05) is 87.4 Å². The Hall–Kier alpha value is -5.23. The summed E-state index contributed by atoms with van der Waals surface area (Å²) >= 11 is 0. The Balaban J connectivity index is 0.917. The number of hydrogen-bond donors (Lipinski definition) is 3. The van der Waals surface area contributed by atoms with Gasteiger partial charge in [0, 0.05) is 69.2 Å². The number of aromatic amines is 1. The molecule has 0 unspecified atom stereocenters. The Morgan fingerprint density at radius 2 is 1.77 bits per heavy atom. The van der Waals surface area contributed by atoms with Crippen molar-refractivity contribution in [1.82, 2.24) is 19.6 Å². The van der Waals surface area contributed by atoms with Gasteiger partial charge in [-0.05, 0) is 116 Å². The predicted molar refractivity (Wildman–Crippen MR) is 253 cm³/mol. The van der Waals surface area contributed by atoms with E-state index < -0.39 is 31.4 Å². The summed E-state index contributed by atoms with van der Waals surface area (Å²) in [5.41, 5.74) is 7.28. The van der Waals surface area contributed by atoms with Crippen LogP contribution >= 0.6 is 0 Å². The fraction of sp³-hybridized carbons (Fsp3) is 0.551. The molecule has 5 heterocycles. The number of nitro groups is 1. The number of pyridine rings is 1. The van der Waals surface area contributed by atoms with Crippen LogP contribution < -0.4 is 24.6 Å². The molecule has 2 aromatic carbocycles. The fourth-order valence-electron chi connectivity index (χ4n) is 11.7. The van der Waals surface area contributed by atoms with Crippen molar-refractivity contribution < 1.29 is 32.3 Å². The van der Waals surface area contributed by atoms with E-state index in [1.165, 1.54) is 63.5 Å². The van der Waals surface area contributed by atoms with E-state index in [2.05, 4.69) is 45.6 Å². The molecule has 4 fully saturated rings. The van der Waals surface area contributed by atoms with E-state index >= 15 is 0 Å². The maximum absolute atomic E-state index is 14.4. The predicted octanol–water partition coefficient (Wildman–Crippen LogP) is 7.94. The normalized spacial score (nSPS) is 25.7. The van der Waals surface area contributed by atoms with Crippen LogP contribution in [0.15, 0.2) is 70.8 Å². The minimum atomic E-state index is -4.58. The lowest BCUT2D eigenvalue weighted by molar-refractivity contribution is -0.384. The second-order valence-electron chi connectivity index (χ2n) is 20.6. The lowest BCUT2D eigenvalue weighted by atomic mass is 9.64. The molecule has 17 heteroatoms. The monoisotopic (exact) mass is 922 g/mol. The summed E-state index contributed by atoms with van der Waals surface area (Å²) in [6, 6.07) is 13.0. The zero-order chi connectivity index (χ0) is 45.8. The van der Waals surface area contributed by atoms with Crippen molar-refractivity contribution in [1.29, 1.82) is 0 Å². The maximum Gasteiger partial charge on any atom is 0.293 e. The molecule has 3 aliphatic carbocycles. The van der Waals surface area contributed by atoms with Crippen LogP contribution in [0.5, 0.6) is 5.88 Å². The van der Waals surface area contributed by atoms with Crippen LogP contribution in [0.3, 0.4) is 0 Å². The first-order valence-corrected chi connectivity index (χ1v) is 25.2. The average molecular weight is 923 g/mol. The van der Waals surface area contributed by atoms with Crippen LogP contribution in [-0.4, -0.2) is 112 Å². The Morgan fingerprint density at radius 1 is 0.955 bits per heavy atom. The highest BCUT2D eigenvalue weighted by molar-refractivity contribution is 7.90. The molecule has 4 aromatic rings. The maximum atomic E-state index is 14.4. The number of aromatic nitrogens is 2. The van der Waals surface area contributed by atoms with Gasteiger partial charge in [0.05, 0.1) is 53.6 Å². The lowest BCUT2D eigenvalue weighted by Crippen LogP contribution is -2.47. The molecular formula is C49H62N8O8S. The number of nitrogens with one attached hydrogen (secondary N) is 3. The Bertz CT molecular complexity index is 2660. The van der Waals surface area contributed by atoms with Crippen LogP contribution in [0.25, 0.3) is 11.0 Å². The number of carbonyl (C=O) groups excluding carboxylic acids is 1. The molecule has 66 heavy (non-hydrogen) atoms. The molecule has 6 aliphatic rings. The molecule has 10 rings (SSSR count). The van der Waals surface area contributed by atoms with Gasteiger partial charge in [-0.2, -0.15) is 4.98 Å². The van der Waals surface area contributed by atoms with Crippen molar-refractivity contribution in [3.05, 3.63) is 81.6 Å². The standard InChI is InChI=1S/C49H62N8O8S/c1-47(2)11-9-34(39(28-47)49-14-12-48(3,32-49)13-15-49)30-54-18-20-55(21-19-54)35-5-7-38(41(26-35)56-17-4-22-65-46-43(56)25-33-10-16-50-44(33)52-46)45(58)53-66(61,62)37-6-8-40(42(27-37)57(59)60)51-29-36-31-63-23-24-64-36/h5-8,10,16,25-27,36,51H,4,9,11-15,17-24,28-32H2,1-3H3,(H,50,52)(H,53,58)/t36-,48?,49?/m0/s1. The SMILES string of the molecule is CC1(C)CCC(CN2CCN(c3ccc(C(=O)NS(=O)(=O)c4ccc(NC[C@H]5COCCO5)c([N+](=O)[O-])c4)c(N4CCCOc5nc6[nH]ccc6cc54)c3)CC2)=C(C23CCC(C)(CC2)C3)C1. The number of ether oxygens (including phenoxy) is 3. The zero-order valence-corrected chi connectivity index (χ0v) is 39.1. The van der Waals surface area contributed by atoms with E-state index in [1.54, 1.807) is 17.2 Å². The molecule has 2 saturated heterocycles. The highest BCUT2D eigenvalue weighted by atomic mass is 32.2. The van der Waals surface area contributed by atoms with Crippen LogP contribution in [0.2, 0.25) is 0 Å². The Morgan fingerprint density at radius 3 is 2.52 bits per heavy atom. The summed E-state index contributed by atoms with van der Waals surface area (Å²) in [5.74, 6) is -0.463. The summed E-state index contributed by atoms with van der Waals surface area (Å²) in [6.45, 7) is 14.2. The van der Waals surface area contributed by atoms with Crippen molar-refractivity contribution in [2.45, 2.75) is 89.6 Å². The molecule has 0 spiro atoms. The summed E-state index contributed by atoms with van der Waals surface area (Å²) in [4.78, 5) is 40.4. The van der Waals surface area contributed by atoms with Crippen LogP contribution in [0.4, 0.5) is 28.4 Å². The Labute approximate surface area is 386 Å². The van der Waals surface area contributed by atoms with E-state index in [9.17, 15) is 23.3 Å². The van der Waals surface area contributed by atoms with Gasteiger partial charge in [-0.25, -0.2) is 13.1 Å². The number of allylic oxidation sites excluding steroid dienone is 1. The number of sulfonamides is 1. The highest BCUT2D eigenvalue weighted by Gasteiger charge is 2.54. The molecule has 2 bridgehead atoms. The molecule has 1 atom stereocenters. The first-order chi connectivity index (χ1) is 31.7. The van der Waals surface area contributed by atoms with Crippen molar-refractivity contribution >= 4 is 55.4 Å². The third-order valence-electron chi connectivity index (χ3n) is 15.3. The van der Waals surface area contributed by atoms with Gasteiger partial charge < -0.3 is 34.3 Å². The largest absolute Gasteiger partial charge is 0.476 e. The van der Waals surface area contributed by atoms with Crippen molar-refractivity contribution in [3.8, 4) is 5.88 Å². The first-order valence-electron chi connectivity index (χ1n) is 23.7. The molecule has 1 amide bonds. The van der Waals surface area contributed by atoms with E-state index in [4.69, 9.17) is 19.2 Å². The van der Waals surface area contributed by atoms with Gasteiger partial charge in [-0.3, -0.25) is 19.8 Å². The molecule has 2 aromatic heterocycles. The van der Waals surface area contributed by atoms with E-state index in [-0.39, 0.29) is 23.9 Å². The third-order valence-corrected chi connectivity index (χ3v) is 16.6. The van der Waals surface area contributed by atoms with Crippen LogP contribution in [0, 0.1) is 26.4 Å². The average Bonchev–Trinajstić information content (AvgIpc) is 3.97. The van der Waals surface area contributed by atoms with Crippen molar-refractivity contribution in [2.24, 2.45) is 16.2 Å². The summed E-state index contributed by atoms with van der Waals surface area (Å²) in [6.07, 6.45) is 12.5. The van der Waals surface area contributed by atoms with E-state index in [1.807, 2.05) is 35.4 Å². The smallest absolute Gasteiger partial charge is 0.293 e. The first kappa shape index (κ1) is 44.6. The quantitative estimate of drug-likeness (QED) is 0.0708. The number of anilines is 4. The molecule has 352 valence electrons. The number of piperazine rings is 1. The van der Waals surface area contributed by atoms with Crippen LogP contribution in [-0.2, 0) is 19.5 Å². The molecule has 3 N–H and O–H groups in total. The highest BCUT2D eigenvalue weighted by Crippen LogP contribution is 2.67. The molecule has 2 saturated carbocycles. The second-order valence-corrected chi connectivity index (χ2v) is 22.2. The molecule has 16 nitrogen and oxygen atoms in total. The number of H-pyrrole nitrogens is 1. The number of rotatable bonds is 12. The number of amides is 1. The number of carbonyl (C=O) groups is 1. The van der Waals surface area contributed by atoms with Gasteiger partial charge in [0.1, 0.15) is 17.0 Å². The van der Waals surface area contributed by atoms with Gasteiger partial charge in [-0.1, -0.05) is 31.9 Å². The topological polar surface area (TPSA) is 185 Å². The van der Waals surface area contributed by atoms with E-state index in [0.29, 0.717) is 78.5 Å². The number of fused-ring (bicyclic) bond motifs is 4. The molecular weight excluding hydrogens is 861 g/mol. The second kappa shape index (κ2) is 17.4. The summed E-state index contributed by atoms with van der Waals surface area (Å²) in [5, 5.41) is 16.0. The summed E-state index contributed by atoms with van der Waals surface area (Å²) in [7, 11) is -4.58. The number of benzene rings is 2. The lowest BCUT2D eigenvalue weighted by Gasteiger charge is -2.43. The van der Waals surface area contributed by atoms with Crippen molar-refractivity contribution in [3.63, 3.8) is 0 Å². The minimum Gasteiger partial charge on any atom is -0.476 e. The van der Waals surface area contributed by atoms with Gasteiger partial charge in [0.25, 0.3) is 21.6 Å². The molecule has 3 aliphatic heterocycles. The molecule has 0 radical (unpaired) electrons. The number of hydrogen-bond acceptors (Lipinski definition) is 13. The zero-order valence-electron chi connectivity index (χ0n) is 38.3. The minimum absolute atomic E-state index is 0.121. The number of nitro benzene ring substituents is 1. The van der Waals surface area contributed by atoms with Crippen LogP contribution in [0.1, 0.15) is 88.9 Å². The van der Waals surface area contributed by atoms with Gasteiger partial charge in [0.2, 0.25) is 5.88 Å². The third kappa shape index (κ3) is 8.86. The Kier molecular flexibility index (Phi) is 11.8. The van der Waals surface area contributed by atoms with Gasteiger partial charge in [0.15, 0.2) is 0 Å². The fourth-order valence-corrected chi connectivity index (χ4v) is 12.6. The number of nitrogens with zero attached hydrogens (tertiary/aromatic N) is 5. The van der Waals surface area contributed by atoms with E-state index in [0.717, 1.165) is 49.9 Å². The summed E-state index contributed by atoms with van der Waals surface area (Å²) < 4.78 is 47.4. The van der Waals surface area contributed by atoms with Gasteiger partial charge in [-0.15, -0.1) is 0 Å². The van der Waals surface area contributed by atoms with Gasteiger partial charge >= 0.3 is 0 Å².